The summed E-state index contributed by atoms with van der Waals surface area (Å²) in [6, 6.07) is 8.62. The lowest BCUT2D eigenvalue weighted by Crippen LogP contribution is -2.22. The van der Waals surface area contributed by atoms with E-state index in [-0.39, 0.29) is 0 Å². The van der Waals surface area contributed by atoms with Crippen LogP contribution in [0.15, 0.2) is 24.3 Å². The maximum atomic E-state index is 5.50. The van der Waals surface area contributed by atoms with Crippen molar-refractivity contribution in [3.8, 4) is 0 Å². The van der Waals surface area contributed by atoms with E-state index < -0.39 is 0 Å². The lowest BCUT2D eigenvalue weighted by atomic mass is 10.1. The lowest BCUT2D eigenvalue weighted by Gasteiger charge is -2.07. The van der Waals surface area contributed by atoms with Crippen LogP contribution in [0.25, 0.3) is 0 Å². The molecular weight excluding hydrogens is 254 g/mol. The van der Waals surface area contributed by atoms with Crippen LogP contribution in [-0.2, 0) is 10.5 Å². The van der Waals surface area contributed by atoms with Crippen molar-refractivity contribution in [1.29, 1.82) is 0 Å². The Morgan fingerprint density at radius 3 is 2.79 bits per heavy atom. The molecule has 1 N–H and O–H groups in total. The third kappa shape index (κ3) is 8.30. The minimum atomic E-state index is 0.836. The van der Waals surface area contributed by atoms with Crippen molar-refractivity contribution in [2.24, 2.45) is 0 Å². The van der Waals surface area contributed by atoms with Crippen LogP contribution in [0.5, 0.6) is 0 Å². The lowest BCUT2D eigenvalue weighted by molar-refractivity contribution is 0.133. The number of unbranched alkanes of at least 4 members (excludes halogenated alkanes) is 1. The summed E-state index contributed by atoms with van der Waals surface area (Å²) in [5.41, 5.74) is 2.85. The zero-order chi connectivity index (χ0) is 13.8. The fourth-order valence-corrected chi connectivity index (χ4v) is 2.69. The van der Waals surface area contributed by atoms with E-state index in [4.69, 9.17) is 4.74 Å². The second-order valence-electron chi connectivity index (χ2n) is 4.69. The molecule has 0 fully saturated rings. The molecule has 0 amide bonds. The summed E-state index contributed by atoms with van der Waals surface area (Å²) < 4.78 is 5.50. The third-order valence-corrected chi connectivity index (χ3v) is 4.02. The largest absolute Gasteiger partial charge is 0.380 e. The Morgan fingerprint density at radius 1 is 1.16 bits per heavy atom. The molecular formula is C16H27NOS. The van der Waals surface area contributed by atoms with Gasteiger partial charge in [-0.2, -0.15) is 11.8 Å². The van der Waals surface area contributed by atoms with Crippen LogP contribution >= 0.6 is 11.8 Å². The fourth-order valence-electron chi connectivity index (χ4n) is 1.72. The van der Waals surface area contributed by atoms with Crippen LogP contribution in [0.4, 0.5) is 0 Å². The summed E-state index contributed by atoms with van der Waals surface area (Å²) in [6.07, 6.45) is 2.38. The maximum absolute atomic E-state index is 5.50. The SMILES string of the molecule is CCCCOCCNCCSCc1ccccc1C. The molecule has 0 aliphatic carbocycles. The molecule has 0 aliphatic heterocycles. The molecule has 1 aromatic carbocycles. The van der Waals surface area contributed by atoms with Gasteiger partial charge in [-0.05, 0) is 24.5 Å². The first-order valence-electron chi connectivity index (χ1n) is 7.25. The van der Waals surface area contributed by atoms with E-state index in [1.807, 2.05) is 11.8 Å². The molecule has 0 heterocycles. The summed E-state index contributed by atoms with van der Waals surface area (Å²) in [6.45, 7) is 8.14. The van der Waals surface area contributed by atoms with E-state index in [0.717, 1.165) is 37.8 Å². The minimum absolute atomic E-state index is 0.836. The van der Waals surface area contributed by atoms with Crippen molar-refractivity contribution in [3.05, 3.63) is 35.4 Å². The standard InChI is InChI=1S/C16H27NOS/c1-3-4-11-18-12-9-17-10-13-19-14-16-8-6-5-7-15(16)2/h5-8,17H,3-4,9-14H2,1-2H3. The minimum Gasteiger partial charge on any atom is -0.380 e. The highest BCUT2D eigenvalue weighted by Gasteiger charge is 1.97. The van der Waals surface area contributed by atoms with E-state index in [1.54, 1.807) is 0 Å². The first-order chi connectivity index (χ1) is 9.34. The van der Waals surface area contributed by atoms with E-state index in [1.165, 1.54) is 24.0 Å². The molecule has 0 unspecified atom stereocenters. The van der Waals surface area contributed by atoms with Crippen molar-refractivity contribution in [3.63, 3.8) is 0 Å². The fraction of sp³-hybridized carbons (Fsp3) is 0.625. The summed E-state index contributed by atoms with van der Waals surface area (Å²) in [5.74, 6) is 2.27. The molecule has 0 saturated heterocycles. The second-order valence-corrected chi connectivity index (χ2v) is 5.80. The van der Waals surface area contributed by atoms with Crippen molar-refractivity contribution in [1.82, 2.24) is 5.32 Å². The van der Waals surface area contributed by atoms with Gasteiger partial charge in [0.25, 0.3) is 0 Å². The van der Waals surface area contributed by atoms with Gasteiger partial charge in [-0.3, -0.25) is 0 Å². The molecule has 0 saturated carbocycles. The second kappa shape index (κ2) is 11.3. The maximum Gasteiger partial charge on any atom is 0.0590 e. The Bertz CT molecular complexity index is 330. The summed E-state index contributed by atoms with van der Waals surface area (Å²) in [5, 5.41) is 3.42. The number of benzene rings is 1. The van der Waals surface area contributed by atoms with Crippen LogP contribution in [0, 0.1) is 6.92 Å². The number of rotatable bonds is 11. The van der Waals surface area contributed by atoms with Crippen molar-refractivity contribution in [2.45, 2.75) is 32.4 Å². The monoisotopic (exact) mass is 281 g/mol. The summed E-state index contributed by atoms with van der Waals surface area (Å²) in [7, 11) is 0. The smallest absolute Gasteiger partial charge is 0.0590 e. The highest BCUT2D eigenvalue weighted by Crippen LogP contribution is 2.15. The van der Waals surface area contributed by atoms with Crippen LogP contribution in [0.1, 0.15) is 30.9 Å². The molecule has 19 heavy (non-hydrogen) atoms. The first kappa shape index (κ1) is 16.5. The van der Waals surface area contributed by atoms with Gasteiger partial charge in [-0.15, -0.1) is 0 Å². The molecule has 0 bridgehead atoms. The van der Waals surface area contributed by atoms with Crippen LogP contribution in [-0.4, -0.2) is 32.1 Å². The number of aryl methyl sites for hydroxylation is 1. The average Bonchev–Trinajstić information content (AvgIpc) is 2.43. The van der Waals surface area contributed by atoms with Gasteiger partial charge in [0, 0.05) is 31.2 Å². The van der Waals surface area contributed by atoms with Gasteiger partial charge in [0.2, 0.25) is 0 Å². The van der Waals surface area contributed by atoms with Gasteiger partial charge in [0.05, 0.1) is 6.61 Å². The van der Waals surface area contributed by atoms with E-state index in [2.05, 4.69) is 43.4 Å². The van der Waals surface area contributed by atoms with Crippen LogP contribution in [0.2, 0.25) is 0 Å². The molecule has 0 spiro atoms. The molecule has 108 valence electrons. The number of nitrogens with one attached hydrogen (secondary N) is 1. The van der Waals surface area contributed by atoms with Gasteiger partial charge in [0.15, 0.2) is 0 Å². The highest BCUT2D eigenvalue weighted by molar-refractivity contribution is 7.98. The van der Waals surface area contributed by atoms with Crippen LogP contribution < -0.4 is 5.32 Å². The normalized spacial score (nSPS) is 10.8. The number of ether oxygens (including phenoxy) is 1. The van der Waals surface area contributed by atoms with Crippen molar-refractivity contribution >= 4 is 11.8 Å². The predicted octanol–water partition coefficient (Wildman–Crippen LogP) is 3.63. The zero-order valence-corrected chi connectivity index (χ0v) is 13.1. The highest BCUT2D eigenvalue weighted by atomic mass is 32.2. The molecule has 0 radical (unpaired) electrons. The number of hydrogen-bond acceptors (Lipinski definition) is 3. The quantitative estimate of drug-likeness (QED) is 0.626. The Kier molecular flexibility index (Phi) is 9.86. The Morgan fingerprint density at radius 2 is 2.00 bits per heavy atom. The van der Waals surface area contributed by atoms with Gasteiger partial charge in [-0.1, -0.05) is 37.6 Å². The van der Waals surface area contributed by atoms with Crippen molar-refractivity contribution < 1.29 is 4.74 Å². The Hall–Kier alpha value is -0.510. The molecule has 0 aromatic heterocycles. The van der Waals surface area contributed by atoms with Gasteiger partial charge in [0.1, 0.15) is 0 Å². The third-order valence-electron chi connectivity index (χ3n) is 3.01. The van der Waals surface area contributed by atoms with Gasteiger partial charge < -0.3 is 10.1 Å². The summed E-state index contributed by atoms with van der Waals surface area (Å²) in [4.78, 5) is 0. The first-order valence-corrected chi connectivity index (χ1v) is 8.40. The molecule has 1 rings (SSSR count). The van der Waals surface area contributed by atoms with E-state index >= 15 is 0 Å². The van der Waals surface area contributed by atoms with Crippen LogP contribution in [0.3, 0.4) is 0 Å². The molecule has 3 heteroatoms. The van der Waals surface area contributed by atoms with Gasteiger partial charge in [-0.25, -0.2) is 0 Å². The van der Waals surface area contributed by atoms with E-state index in [0.29, 0.717) is 0 Å². The molecule has 1 aromatic rings. The van der Waals surface area contributed by atoms with E-state index in [9.17, 15) is 0 Å². The Labute approximate surface area is 122 Å². The summed E-state index contributed by atoms with van der Waals surface area (Å²) >= 11 is 1.99. The average molecular weight is 281 g/mol. The van der Waals surface area contributed by atoms with Gasteiger partial charge >= 0.3 is 0 Å². The molecule has 2 nitrogen and oxygen atoms in total. The predicted molar refractivity (Wildman–Crippen MR) is 85.9 cm³/mol. The number of thioether (sulfide) groups is 1. The topological polar surface area (TPSA) is 21.3 Å². The zero-order valence-electron chi connectivity index (χ0n) is 12.3. The Balaban J connectivity index is 1.90. The molecule has 0 atom stereocenters. The number of hydrogen-bond donors (Lipinski definition) is 1. The molecule has 0 aliphatic rings. The van der Waals surface area contributed by atoms with Crippen molar-refractivity contribution in [2.75, 3.05) is 32.1 Å².